The van der Waals surface area contributed by atoms with Gasteiger partial charge < -0.3 is 14.8 Å². The van der Waals surface area contributed by atoms with Crippen LogP contribution in [-0.2, 0) is 29.0 Å². The maximum absolute atomic E-state index is 12.9. The number of anilines is 1. The highest BCUT2D eigenvalue weighted by atomic mass is 16.2. The minimum atomic E-state index is -0.0922. The molecule has 1 atom stereocenters. The predicted molar refractivity (Wildman–Crippen MR) is 96.7 cm³/mol. The van der Waals surface area contributed by atoms with Gasteiger partial charge >= 0.3 is 0 Å². The zero-order valence-electron chi connectivity index (χ0n) is 15.3. The van der Waals surface area contributed by atoms with Gasteiger partial charge in [0.2, 0.25) is 11.8 Å². The molecule has 7 heteroatoms. The molecule has 2 aliphatic heterocycles. The molecule has 1 N–H and O–H groups in total. The Morgan fingerprint density at radius 1 is 1.31 bits per heavy atom. The summed E-state index contributed by atoms with van der Waals surface area (Å²) in [5, 5.41) is 11.5. The monoisotopic (exact) mass is 353 g/mol. The first-order valence-corrected chi connectivity index (χ1v) is 9.08. The van der Waals surface area contributed by atoms with Gasteiger partial charge in [0.15, 0.2) is 5.82 Å². The number of rotatable bonds is 3. The van der Waals surface area contributed by atoms with Crippen molar-refractivity contribution in [2.24, 2.45) is 0 Å². The Balaban J connectivity index is 1.51. The van der Waals surface area contributed by atoms with Crippen LogP contribution in [0.15, 0.2) is 18.2 Å². The number of hydrogen-bond donors (Lipinski definition) is 1. The number of fused-ring (bicyclic) bond motifs is 2. The summed E-state index contributed by atoms with van der Waals surface area (Å²) in [5.41, 5.74) is 2.73. The van der Waals surface area contributed by atoms with E-state index in [4.69, 9.17) is 0 Å². The molecular formula is C19H23N5O2. The van der Waals surface area contributed by atoms with Gasteiger partial charge in [0, 0.05) is 24.7 Å². The summed E-state index contributed by atoms with van der Waals surface area (Å²) < 4.78 is 2.14. The van der Waals surface area contributed by atoms with Gasteiger partial charge in [0.05, 0.1) is 18.9 Å². The second-order valence-electron chi connectivity index (χ2n) is 7.38. The number of aromatic nitrogens is 3. The summed E-state index contributed by atoms with van der Waals surface area (Å²) in [6.45, 7) is 7.60. The van der Waals surface area contributed by atoms with Crippen LogP contribution in [0.5, 0.6) is 0 Å². The minimum absolute atomic E-state index is 0.00780. The Morgan fingerprint density at radius 2 is 2.12 bits per heavy atom. The third-order valence-corrected chi connectivity index (χ3v) is 5.21. The molecule has 2 aromatic rings. The number of nitrogens with zero attached hydrogens (tertiary/aromatic N) is 4. The lowest BCUT2D eigenvalue weighted by Crippen LogP contribution is -2.42. The topological polar surface area (TPSA) is 80.1 Å². The van der Waals surface area contributed by atoms with E-state index in [-0.39, 0.29) is 17.9 Å². The average Bonchev–Trinajstić information content (AvgIpc) is 3.17. The lowest BCUT2D eigenvalue weighted by atomic mass is 10.1. The minimum Gasteiger partial charge on any atom is -0.331 e. The molecule has 1 aromatic carbocycles. The van der Waals surface area contributed by atoms with Crippen molar-refractivity contribution in [3.8, 4) is 0 Å². The van der Waals surface area contributed by atoms with Crippen molar-refractivity contribution in [1.29, 1.82) is 0 Å². The van der Waals surface area contributed by atoms with Gasteiger partial charge in [-0.1, -0.05) is 26.0 Å². The van der Waals surface area contributed by atoms with Crippen molar-refractivity contribution in [2.45, 2.75) is 52.1 Å². The van der Waals surface area contributed by atoms with E-state index in [0.29, 0.717) is 25.3 Å². The van der Waals surface area contributed by atoms with Gasteiger partial charge in [-0.15, -0.1) is 10.2 Å². The second-order valence-corrected chi connectivity index (χ2v) is 7.38. The van der Waals surface area contributed by atoms with Crippen molar-refractivity contribution in [1.82, 2.24) is 19.7 Å². The molecule has 26 heavy (non-hydrogen) atoms. The van der Waals surface area contributed by atoms with E-state index in [1.807, 2.05) is 30.0 Å². The maximum atomic E-state index is 12.9. The fourth-order valence-corrected chi connectivity index (χ4v) is 3.82. The molecule has 4 rings (SSSR count). The van der Waals surface area contributed by atoms with Crippen LogP contribution < -0.4 is 5.32 Å². The number of hydrogen-bond acceptors (Lipinski definition) is 4. The van der Waals surface area contributed by atoms with Crippen molar-refractivity contribution in [3.63, 3.8) is 0 Å². The summed E-state index contributed by atoms with van der Waals surface area (Å²) in [6.07, 6.45) is 0.735. The smallest absolute Gasteiger partial charge is 0.228 e. The van der Waals surface area contributed by atoms with Crippen LogP contribution in [0.4, 0.5) is 5.69 Å². The van der Waals surface area contributed by atoms with E-state index < -0.39 is 0 Å². The van der Waals surface area contributed by atoms with Crippen LogP contribution in [-0.4, -0.2) is 38.0 Å². The second kappa shape index (κ2) is 6.23. The summed E-state index contributed by atoms with van der Waals surface area (Å²) in [4.78, 5) is 26.2. The van der Waals surface area contributed by atoms with E-state index in [9.17, 15) is 9.59 Å². The van der Waals surface area contributed by atoms with Gasteiger partial charge in [-0.25, -0.2) is 0 Å². The first kappa shape index (κ1) is 16.8. The van der Waals surface area contributed by atoms with Crippen LogP contribution in [0.3, 0.4) is 0 Å². The molecule has 0 bridgehead atoms. The van der Waals surface area contributed by atoms with Crippen molar-refractivity contribution in [3.05, 3.63) is 41.0 Å². The van der Waals surface area contributed by atoms with Crippen LogP contribution >= 0.6 is 0 Å². The lowest BCUT2D eigenvalue weighted by molar-refractivity contribution is -0.133. The van der Waals surface area contributed by atoms with Gasteiger partial charge in [0.1, 0.15) is 5.82 Å². The highest BCUT2D eigenvalue weighted by molar-refractivity contribution is 5.99. The zero-order valence-corrected chi connectivity index (χ0v) is 15.3. The van der Waals surface area contributed by atoms with Crippen molar-refractivity contribution >= 4 is 17.5 Å². The van der Waals surface area contributed by atoms with Gasteiger partial charge in [-0.2, -0.15) is 0 Å². The predicted octanol–water partition coefficient (Wildman–Crippen LogP) is 2.04. The molecular weight excluding hydrogens is 330 g/mol. The van der Waals surface area contributed by atoms with Crippen LogP contribution in [0.2, 0.25) is 0 Å². The normalized spacial score (nSPS) is 18.7. The first-order valence-electron chi connectivity index (χ1n) is 9.08. The van der Waals surface area contributed by atoms with Crippen molar-refractivity contribution in [2.75, 3.05) is 11.9 Å². The largest absolute Gasteiger partial charge is 0.331 e. The highest BCUT2D eigenvalue weighted by Crippen LogP contribution is 2.28. The first-order chi connectivity index (χ1) is 12.4. The number of benzene rings is 1. The van der Waals surface area contributed by atoms with E-state index >= 15 is 0 Å². The molecule has 0 spiro atoms. The van der Waals surface area contributed by atoms with E-state index in [0.717, 1.165) is 35.0 Å². The highest BCUT2D eigenvalue weighted by Gasteiger charge is 2.31. The van der Waals surface area contributed by atoms with Crippen LogP contribution in [0, 0.1) is 0 Å². The van der Waals surface area contributed by atoms with Crippen LogP contribution in [0.25, 0.3) is 0 Å². The summed E-state index contributed by atoms with van der Waals surface area (Å²) in [5.74, 6) is 2.23. The third-order valence-electron chi connectivity index (χ3n) is 5.21. The molecule has 0 saturated heterocycles. The molecule has 1 unspecified atom stereocenters. The molecule has 0 radical (unpaired) electrons. The Morgan fingerprint density at radius 3 is 2.88 bits per heavy atom. The lowest BCUT2D eigenvalue weighted by Gasteiger charge is -2.34. The standard InChI is InChI=1S/C19H23N5O2/c1-11(2)18-21-22-19-12(3)23(6-7-24(18)19)17(26)9-13-4-5-14-10-16(25)20-15(14)8-13/h4-5,8,11-12H,6-7,9-10H2,1-3H3,(H,20,25). The van der Waals surface area contributed by atoms with Crippen LogP contribution in [0.1, 0.15) is 55.5 Å². The molecule has 0 fully saturated rings. The van der Waals surface area contributed by atoms with E-state index in [2.05, 4.69) is 33.9 Å². The molecule has 1 aromatic heterocycles. The fourth-order valence-electron chi connectivity index (χ4n) is 3.82. The number of amides is 2. The Hall–Kier alpha value is -2.70. The molecule has 0 aliphatic carbocycles. The molecule has 2 aliphatic rings. The summed E-state index contributed by atoms with van der Waals surface area (Å²) in [6, 6.07) is 5.68. The summed E-state index contributed by atoms with van der Waals surface area (Å²) in [7, 11) is 0. The van der Waals surface area contributed by atoms with Gasteiger partial charge in [0.25, 0.3) is 0 Å². The summed E-state index contributed by atoms with van der Waals surface area (Å²) >= 11 is 0. The molecule has 0 saturated carbocycles. The Labute approximate surface area is 152 Å². The molecule has 7 nitrogen and oxygen atoms in total. The SMILES string of the molecule is CC(C)c1nnc2n1CCN(C(=O)Cc1ccc3c(c1)NC(=O)C3)C2C. The van der Waals surface area contributed by atoms with Crippen molar-refractivity contribution < 1.29 is 9.59 Å². The maximum Gasteiger partial charge on any atom is 0.228 e. The van der Waals surface area contributed by atoms with Gasteiger partial charge in [-0.3, -0.25) is 9.59 Å². The average molecular weight is 353 g/mol. The Bertz CT molecular complexity index is 886. The quantitative estimate of drug-likeness (QED) is 0.916. The van der Waals surface area contributed by atoms with E-state index in [1.165, 1.54) is 0 Å². The number of carbonyl (C=O) groups excluding carboxylic acids is 2. The number of nitrogens with one attached hydrogen (secondary N) is 1. The molecule has 2 amide bonds. The van der Waals surface area contributed by atoms with E-state index in [1.54, 1.807) is 0 Å². The molecule has 3 heterocycles. The number of carbonyl (C=O) groups is 2. The fraction of sp³-hybridized carbons (Fsp3) is 0.474. The zero-order chi connectivity index (χ0) is 18.4. The van der Waals surface area contributed by atoms with Gasteiger partial charge in [-0.05, 0) is 24.1 Å². The Kier molecular flexibility index (Phi) is 4.01. The third kappa shape index (κ3) is 2.77. The molecule has 136 valence electrons.